The lowest BCUT2D eigenvalue weighted by Gasteiger charge is -2.28. The van der Waals surface area contributed by atoms with Crippen LogP contribution in [0.5, 0.6) is 5.75 Å². The third-order valence-corrected chi connectivity index (χ3v) is 8.75. The van der Waals surface area contributed by atoms with Gasteiger partial charge in [-0.2, -0.15) is 8.61 Å². The zero-order valence-corrected chi connectivity index (χ0v) is 18.8. The number of rotatable bonds is 9. The van der Waals surface area contributed by atoms with Crippen LogP contribution in [0, 0.1) is 5.82 Å². The van der Waals surface area contributed by atoms with Crippen LogP contribution in [0.1, 0.15) is 5.56 Å². The van der Waals surface area contributed by atoms with Gasteiger partial charge in [0, 0.05) is 39.3 Å². The molecule has 31 heavy (non-hydrogen) atoms. The Kier molecular flexibility index (Phi) is 7.65. The fourth-order valence-electron chi connectivity index (χ4n) is 3.24. The van der Waals surface area contributed by atoms with E-state index in [0.29, 0.717) is 37.5 Å². The van der Waals surface area contributed by atoms with Gasteiger partial charge < -0.3 is 10.1 Å². The van der Waals surface area contributed by atoms with Gasteiger partial charge >= 0.3 is 0 Å². The van der Waals surface area contributed by atoms with Gasteiger partial charge in [-0.05, 0) is 42.0 Å². The number of hydrogen-bond donors (Lipinski definition) is 1. The standard InChI is InChI=1S/C20H26FN3O5S2/c1-29-19-6-8-20(9-7-19)31(27,28)24(16-17-2-4-18(21)5-3-17)14-15-30(25,26)23-12-10-22-11-13-23/h2-9,22H,10-16H2,1H3. The molecule has 1 fully saturated rings. The summed E-state index contributed by atoms with van der Waals surface area (Å²) in [6, 6.07) is 11.3. The number of methoxy groups -OCH3 is 1. The van der Waals surface area contributed by atoms with E-state index in [1.165, 1.54) is 59.9 Å². The fraction of sp³-hybridized carbons (Fsp3) is 0.400. The summed E-state index contributed by atoms with van der Waals surface area (Å²) in [5.74, 6) is -0.274. The first-order valence-corrected chi connectivity index (χ1v) is 12.8. The first-order valence-electron chi connectivity index (χ1n) is 9.79. The predicted molar refractivity (Wildman–Crippen MR) is 115 cm³/mol. The molecule has 1 N–H and O–H groups in total. The Morgan fingerprint density at radius 2 is 1.61 bits per heavy atom. The van der Waals surface area contributed by atoms with Crippen molar-refractivity contribution in [1.29, 1.82) is 0 Å². The lowest BCUT2D eigenvalue weighted by Crippen LogP contribution is -2.48. The average Bonchev–Trinajstić information content (AvgIpc) is 2.78. The van der Waals surface area contributed by atoms with E-state index in [-0.39, 0.29) is 23.7 Å². The number of halogens is 1. The highest BCUT2D eigenvalue weighted by molar-refractivity contribution is 7.90. The Balaban J connectivity index is 1.85. The summed E-state index contributed by atoms with van der Waals surface area (Å²) < 4.78 is 72.9. The van der Waals surface area contributed by atoms with Crippen molar-refractivity contribution in [3.63, 3.8) is 0 Å². The van der Waals surface area contributed by atoms with Crippen LogP contribution in [0.4, 0.5) is 4.39 Å². The van der Waals surface area contributed by atoms with Crippen LogP contribution in [-0.4, -0.2) is 71.0 Å². The number of sulfonamides is 2. The summed E-state index contributed by atoms with van der Waals surface area (Å²) >= 11 is 0. The van der Waals surface area contributed by atoms with Crippen molar-refractivity contribution < 1.29 is 26.0 Å². The first-order chi connectivity index (χ1) is 14.7. The Morgan fingerprint density at radius 3 is 2.19 bits per heavy atom. The number of piperazine rings is 1. The molecule has 2 aromatic rings. The Labute approximate surface area is 182 Å². The molecule has 0 atom stereocenters. The Bertz CT molecular complexity index is 1070. The number of benzene rings is 2. The normalized spacial score (nSPS) is 15.8. The molecule has 11 heteroatoms. The minimum Gasteiger partial charge on any atom is -0.497 e. The summed E-state index contributed by atoms with van der Waals surface area (Å²) in [4.78, 5) is 0.0231. The highest BCUT2D eigenvalue weighted by Crippen LogP contribution is 2.22. The second-order valence-electron chi connectivity index (χ2n) is 7.11. The quantitative estimate of drug-likeness (QED) is 0.592. The van der Waals surface area contributed by atoms with E-state index in [1.807, 2.05) is 0 Å². The van der Waals surface area contributed by atoms with Crippen molar-refractivity contribution in [3.05, 3.63) is 59.9 Å². The predicted octanol–water partition coefficient (Wildman–Crippen LogP) is 1.26. The van der Waals surface area contributed by atoms with E-state index in [1.54, 1.807) is 0 Å². The average molecular weight is 472 g/mol. The Morgan fingerprint density at radius 1 is 1.00 bits per heavy atom. The van der Waals surface area contributed by atoms with Gasteiger partial charge in [-0.25, -0.2) is 21.2 Å². The molecule has 3 rings (SSSR count). The topological polar surface area (TPSA) is 96.0 Å². The van der Waals surface area contributed by atoms with Crippen LogP contribution in [0.2, 0.25) is 0 Å². The van der Waals surface area contributed by atoms with E-state index < -0.39 is 25.9 Å². The maximum Gasteiger partial charge on any atom is 0.243 e. The molecule has 0 radical (unpaired) electrons. The molecule has 1 aliphatic rings. The van der Waals surface area contributed by atoms with Crippen LogP contribution in [0.3, 0.4) is 0 Å². The number of ether oxygens (including phenoxy) is 1. The van der Waals surface area contributed by atoms with Gasteiger partial charge in [0.1, 0.15) is 11.6 Å². The number of nitrogens with one attached hydrogen (secondary N) is 1. The molecular formula is C20H26FN3O5S2. The van der Waals surface area contributed by atoms with E-state index in [9.17, 15) is 21.2 Å². The maximum atomic E-state index is 13.3. The number of nitrogens with zero attached hydrogens (tertiary/aromatic N) is 2. The van der Waals surface area contributed by atoms with Gasteiger partial charge in [-0.1, -0.05) is 12.1 Å². The fourth-order valence-corrected chi connectivity index (χ4v) is 6.24. The van der Waals surface area contributed by atoms with E-state index in [2.05, 4.69) is 5.32 Å². The van der Waals surface area contributed by atoms with Crippen molar-refractivity contribution in [3.8, 4) is 5.75 Å². The molecule has 1 aliphatic heterocycles. The zero-order chi connectivity index (χ0) is 22.5. The van der Waals surface area contributed by atoms with Crippen LogP contribution in [0.25, 0.3) is 0 Å². The SMILES string of the molecule is COc1ccc(S(=O)(=O)N(CCS(=O)(=O)N2CCNCC2)Cc2ccc(F)cc2)cc1. The second-order valence-corrected chi connectivity index (χ2v) is 11.1. The zero-order valence-electron chi connectivity index (χ0n) is 17.2. The second kappa shape index (κ2) is 10.0. The van der Waals surface area contributed by atoms with Crippen LogP contribution in [0.15, 0.2) is 53.4 Å². The van der Waals surface area contributed by atoms with Crippen LogP contribution in [-0.2, 0) is 26.6 Å². The molecule has 0 bridgehead atoms. The lowest BCUT2D eigenvalue weighted by atomic mass is 10.2. The monoisotopic (exact) mass is 471 g/mol. The van der Waals surface area contributed by atoms with E-state index in [4.69, 9.17) is 4.74 Å². The largest absolute Gasteiger partial charge is 0.497 e. The molecular weight excluding hydrogens is 445 g/mol. The highest BCUT2D eigenvalue weighted by atomic mass is 32.2. The van der Waals surface area contributed by atoms with Gasteiger partial charge in [-0.15, -0.1) is 0 Å². The van der Waals surface area contributed by atoms with Gasteiger partial charge in [0.25, 0.3) is 0 Å². The summed E-state index contributed by atoms with van der Waals surface area (Å²) in [7, 11) is -6.14. The summed E-state index contributed by atoms with van der Waals surface area (Å²) in [6.07, 6.45) is 0. The first kappa shape index (κ1) is 23.6. The van der Waals surface area contributed by atoms with Crippen molar-refractivity contribution in [2.75, 3.05) is 45.6 Å². The molecule has 2 aromatic carbocycles. The molecule has 0 spiro atoms. The van der Waals surface area contributed by atoms with Crippen LogP contribution < -0.4 is 10.1 Å². The van der Waals surface area contributed by atoms with Crippen molar-refractivity contribution in [1.82, 2.24) is 13.9 Å². The minimum absolute atomic E-state index is 0.0231. The van der Waals surface area contributed by atoms with Crippen molar-refractivity contribution >= 4 is 20.0 Å². The molecule has 8 nitrogen and oxygen atoms in total. The molecule has 0 saturated carbocycles. The van der Waals surface area contributed by atoms with E-state index >= 15 is 0 Å². The van der Waals surface area contributed by atoms with E-state index in [0.717, 1.165) is 4.31 Å². The molecule has 1 saturated heterocycles. The highest BCUT2D eigenvalue weighted by Gasteiger charge is 2.29. The Hall–Kier alpha value is -2.05. The van der Waals surface area contributed by atoms with Crippen molar-refractivity contribution in [2.45, 2.75) is 11.4 Å². The van der Waals surface area contributed by atoms with Gasteiger partial charge in [0.2, 0.25) is 20.0 Å². The summed E-state index contributed by atoms with van der Waals surface area (Å²) in [6.45, 7) is 1.52. The minimum atomic E-state index is -4.00. The number of hydrogen-bond acceptors (Lipinski definition) is 6. The van der Waals surface area contributed by atoms with Crippen molar-refractivity contribution in [2.24, 2.45) is 0 Å². The third-order valence-electron chi connectivity index (χ3n) is 5.04. The molecule has 170 valence electrons. The van der Waals surface area contributed by atoms with Crippen LogP contribution >= 0.6 is 0 Å². The molecule has 0 aliphatic carbocycles. The summed E-state index contributed by atoms with van der Waals surface area (Å²) in [5.41, 5.74) is 0.554. The lowest BCUT2D eigenvalue weighted by molar-refractivity contribution is 0.355. The smallest absolute Gasteiger partial charge is 0.243 e. The van der Waals surface area contributed by atoms with Gasteiger partial charge in [0.15, 0.2) is 0 Å². The maximum absolute atomic E-state index is 13.3. The molecule has 1 heterocycles. The van der Waals surface area contributed by atoms with Gasteiger partial charge in [0.05, 0.1) is 17.8 Å². The molecule has 0 amide bonds. The molecule has 0 aromatic heterocycles. The molecule has 0 unspecified atom stereocenters. The summed E-state index contributed by atoms with van der Waals surface area (Å²) in [5, 5.41) is 3.09. The third kappa shape index (κ3) is 6.01. The van der Waals surface area contributed by atoms with Gasteiger partial charge in [-0.3, -0.25) is 0 Å².